The lowest BCUT2D eigenvalue weighted by atomic mass is 9.96. The summed E-state index contributed by atoms with van der Waals surface area (Å²) >= 11 is 3.23. The summed E-state index contributed by atoms with van der Waals surface area (Å²) in [6.07, 6.45) is 6.45. The summed E-state index contributed by atoms with van der Waals surface area (Å²) < 4.78 is 0. The molecule has 0 N–H and O–H groups in total. The summed E-state index contributed by atoms with van der Waals surface area (Å²) in [4.78, 5) is 13.1. The first-order valence-electron chi connectivity index (χ1n) is 4.17. The minimum absolute atomic E-state index is 0.335. The molecule has 1 aliphatic carbocycles. The van der Waals surface area contributed by atoms with E-state index >= 15 is 0 Å². The van der Waals surface area contributed by atoms with Gasteiger partial charge in [-0.3, -0.25) is 4.79 Å². The lowest BCUT2D eigenvalue weighted by molar-refractivity contribution is -0.115. The number of hydrogen-bond donors (Lipinski definition) is 0. The Kier molecular flexibility index (Phi) is 3.84. The lowest BCUT2D eigenvalue weighted by Crippen LogP contribution is -2.04. The molecule has 0 aromatic rings. The Hall–Kier alpha value is -0.110. The van der Waals surface area contributed by atoms with Gasteiger partial charge in [0.1, 0.15) is 0 Å². The van der Waals surface area contributed by atoms with Gasteiger partial charge in [-0.15, -0.1) is 0 Å². The predicted octanol–water partition coefficient (Wildman–Crippen LogP) is 3.19. The number of ketones is 1. The second kappa shape index (κ2) is 4.70. The molecule has 1 fully saturated rings. The molecule has 1 nitrogen and oxygen atoms in total. The maximum Gasteiger partial charge on any atom is 0.159 e. The Balaban J connectivity index is 2.53. The number of halogens is 1. The fourth-order valence-corrected chi connectivity index (χ4v) is 1.85. The Bertz CT molecular complexity index is 172. The third-order valence-electron chi connectivity index (χ3n) is 2.09. The van der Waals surface area contributed by atoms with Crippen LogP contribution in [0, 0.1) is 0 Å². The molecule has 0 radical (unpaired) electrons. The third-order valence-corrected chi connectivity index (χ3v) is 2.64. The van der Waals surface area contributed by atoms with E-state index in [-0.39, 0.29) is 0 Å². The van der Waals surface area contributed by atoms with Gasteiger partial charge in [-0.05, 0) is 24.2 Å². The van der Waals surface area contributed by atoms with Crippen LogP contribution in [-0.4, -0.2) is 5.78 Å². The van der Waals surface area contributed by atoms with Gasteiger partial charge >= 0.3 is 0 Å². The van der Waals surface area contributed by atoms with Gasteiger partial charge in [-0.1, -0.05) is 28.8 Å². The van der Waals surface area contributed by atoms with Gasteiger partial charge in [-0.2, -0.15) is 0 Å². The molecule has 0 aromatic carbocycles. The molecule has 0 aromatic heterocycles. The Morgan fingerprint density at radius 3 is 2.36 bits per heavy atom. The van der Waals surface area contributed by atoms with Gasteiger partial charge in [0.05, 0.1) is 0 Å². The molecule has 1 aliphatic rings. The smallest absolute Gasteiger partial charge is 0.159 e. The Morgan fingerprint density at radius 2 is 1.73 bits per heavy atom. The van der Waals surface area contributed by atoms with Crippen LogP contribution < -0.4 is 0 Å². The van der Waals surface area contributed by atoms with E-state index in [1.54, 1.807) is 4.99 Å². The van der Waals surface area contributed by atoms with Crippen molar-refractivity contribution >= 4 is 21.7 Å². The molecule has 0 unspecified atom stereocenters. The van der Waals surface area contributed by atoms with E-state index in [2.05, 4.69) is 15.9 Å². The number of allylic oxidation sites excluding steroid dienone is 1. The number of carbonyl (C=O) groups is 1. The largest absolute Gasteiger partial charge is 0.295 e. The van der Waals surface area contributed by atoms with Crippen molar-refractivity contribution in [1.82, 2.24) is 0 Å². The highest BCUT2D eigenvalue weighted by atomic mass is 79.9. The van der Waals surface area contributed by atoms with Gasteiger partial charge in [0.15, 0.2) is 5.78 Å². The van der Waals surface area contributed by atoms with Crippen molar-refractivity contribution in [3.8, 4) is 0 Å². The van der Waals surface area contributed by atoms with Crippen molar-refractivity contribution in [2.45, 2.75) is 38.5 Å². The first-order chi connectivity index (χ1) is 5.34. The molecular weight excluding hydrogens is 204 g/mol. The van der Waals surface area contributed by atoms with Gasteiger partial charge in [-0.25, -0.2) is 0 Å². The number of rotatable bonds is 0. The van der Waals surface area contributed by atoms with Crippen LogP contribution in [0.2, 0.25) is 0 Å². The highest BCUT2D eigenvalue weighted by Crippen LogP contribution is 2.19. The third kappa shape index (κ3) is 2.78. The van der Waals surface area contributed by atoms with Crippen molar-refractivity contribution in [2.24, 2.45) is 0 Å². The molecule has 0 bridgehead atoms. The van der Waals surface area contributed by atoms with Crippen LogP contribution in [0.5, 0.6) is 0 Å². The fraction of sp³-hybridized carbons (Fsp3) is 0.667. The molecule has 0 atom stereocenters. The van der Waals surface area contributed by atoms with Crippen molar-refractivity contribution in [2.75, 3.05) is 0 Å². The first-order valence-corrected chi connectivity index (χ1v) is 5.08. The first kappa shape index (κ1) is 8.98. The second-order valence-corrected chi connectivity index (χ2v) is 3.43. The normalized spacial score (nSPS) is 24.8. The number of hydrogen-bond acceptors (Lipinski definition) is 1. The molecule has 2 heteroatoms. The SMILES string of the molecule is O=C1CCCCCC/C1=C\Br. The molecule has 1 saturated carbocycles. The maximum absolute atomic E-state index is 11.3. The molecule has 1 rings (SSSR count). The molecule has 0 aliphatic heterocycles. The van der Waals surface area contributed by atoms with Crippen LogP contribution in [0.4, 0.5) is 0 Å². The highest BCUT2D eigenvalue weighted by Gasteiger charge is 2.10. The van der Waals surface area contributed by atoms with E-state index in [4.69, 9.17) is 0 Å². The van der Waals surface area contributed by atoms with Crippen LogP contribution in [0.25, 0.3) is 0 Å². The zero-order valence-electron chi connectivity index (χ0n) is 6.61. The second-order valence-electron chi connectivity index (χ2n) is 2.97. The van der Waals surface area contributed by atoms with E-state index in [9.17, 15) is 4.79 Å². The summed E-state index contributed by atoms with van der Waals surface area (Å²) in [5, 5.41) is 0. The highest BCUT2D eigenvalue weighted by molar-refractivity contribution is 9.11. The zero-order valence-corrected chi connectivity index (χ0v) is 8.19. The molecule has 0 heterocycles. The molecule has 0 amide bonds. The van der Waals surface area contributed by atoms with E-state index < -0.39 is 0 Å². The quantitative estimate of drug-likeness (QED) is 0.569. The van der Waals surface area contributed by atoms with Gasteiger partial charge in [0.2, 0.25) is 0 Å². The van der Waals surface area contributed by atoms with Crippen molar-refractivity contribution in [3.63, 3.8) is 0 Å². The summed E-state index contributed by atoms with van der Waals surface area (Å²) in [7, 11) is 0. The monoisotopic (exact) mass is 216 g/mol. The van der Waals surface area contributed by atoms with Gasteiger partial charge < -0.3 is 0 Å². The average molecular weight is 217 g/mol. The average Bonchev–Trinajstić information content (AvgIpc) is 1.98. The van der Waals surface area contributed by atoms with Crippen LogP contribution in [-0.2, 0) is 4.79 Å². The van der Waals surface area contributed by atoms with Gasteiger partial charge in [0, 0.05) is 12.0 Å². The predicted molar refractivity (Wildman–Crippen MR) is 49.7 cm³/mol. The van der Waals surface area contributed by atoms with E-state index in [0.29, 0.717) is 5.78 Å². The summed E-state index contributed by atoms with van der Waals surface area (Å²) in [6, 6.07) is 0. The van der Waals surface area contributed by atoms with Gasteiger partial charge in [0.25, 0.3) is 0 Å². The molecular formula is C9H13BrO. The van der Waals surface area contributed by atoms with Crippen LogP contribution in [0.1, 0.15) is 38.5 Å². The zero-order chi connectivity index (χ0) is 8.10. The topological polar surface area (TPSA) is 17.1 Å². The summed E-state index contributed by atoms with van der Waals surface area (Å²) in [5.74, 6) is 0.335. The minimum Gasteiger partial charge on any atom is -0.295 e. The maximum atomic E-state index is 11.3. The molecule has 11 heavy (non-hydrogen) atoms. The van der Waals surface area contributed by atoms with Crippen LogP contribution in [0.15, 0.2) is 10.6 Å². The van der Waals surface area contributed by atoms with E-state index in [1.807, 2.05) is 0 Å². The lowest BCUT2D eigenvalue weighted by Gasteiger charge is -2.09. The molecule has 62 valence electrons. The minimum atomic E-state index is 0.335. The van der Waals surface area contributed by atoms with E-state index in [0.717, 1.165) is 24.8 Å². The summed E-state index contributed by atoms with van der Waals surface area (Å²) in [6.45, 7) is 0. The van der Waals surface area contributed by atoms with Crippen molar-refractivity contribution in [3.05, 3.63) is 10.6 Å². The number of Topliss-reactive ketones (excluding diaryl/α,β-unsaturated/α-hetero) is 1. The van der Waals surface area contributed by atoms with E-state index in [1.165, 1.54) is 19.3 Å². The molecule has 0 saturated heterocycles. The fourth-order valence-electron chi connectivity index (χ4n) is 1.37. The molecule has 0 spiro atoms. The Labute approximate surface area is 76.0 Å². The standard InChI is InChI=1S/C9H13BrO/c10-7-8-5-3-1-2-4-6-9(8)11/h7H,1-6H2/b8-7+. The summed E-state index contributed by atoms with van der Waals surface area (Å²) in [5.41, 5.74) is 0.977. The van der Waals surface area contributed by atoms with Crippen LogP contribution >= 0.6 is 15.9 Å². The number of carbonyl (C=O) groups excluding carboxylic acids is 1. The Morgan fingerprint density at radius 1 is 1.09 bits per heavy atom. The van der Waals surface area contributed by atoms with Crippen molar-refractivity contribution in [1.29, 1.82) is 0 Å². The van der Waals surface area contributed by atoms with Crippen molar-refractivity contribution < 1.29 is 4.79 Å². The van der Waals surface area contributed by atoms with Crippen LogP contribution in [0.3, 0.4) is 0 Å².